The van der Waals surface area contributed by atoms with Gasteiger partial charge in [0, 0.05) is 0 Å². The van der Waals surface area contributed by atoms with Gasteiger partial charge >= 0.3 is 70.3 Å². The van der Waals surface area contributed by atoms with Crippen molar-refractivity contribution >= 4 is 69.3 Å². The lowest BCUT2D eigenvalue weighted by molar-refractivity contribution is -0.156. The monoisotopic (exact) mass is 794 g/mol. The molecule has 18 heteroatoms. The summed E-state index contributed by atoms with van der Waals surface area (Å²) in [6, 6.07) is 2.29. The van der Waals surface area contributed by atoms with Crippen molar-refractivity contribution in [2.24, 2.45) is 47.3 Å². The first kappa shape index (κ1) is 40.7. The van der Waals surface area contributed by atoms with Crippen LogP contribution in [0.15, 0.2) is 40.1 Å². The number of rotatable bonds is 0. The van der Waals surface area contributed by atoms with Crippen LogP contribution < -0.4 is 22.5 Å². The molecule has 3 aliphatic carbocycles. The van der Waals surface area contributed by atoms with Crippen LogP contribution in [0, 0.1) is 47.3 Å². The lowest BCUT2D eigenvalue weighted by atomic mass is 9.70. The first-order chi connectivity index (χ1) is 27.1. The highest BCUT2D eigenvalue weighted by Crippen LogP contribution is 2.46. The predicted octanol–water partition coefficient (Wildman–Crippen LogP) is 2.08. The molecular formula is C39H38O18. The molecule has 6 heterocycles. The number of esters is 8. The van der Waals surface area contributed by atoms with Crippen LogP contribution in [0.4, 0.5) is 0 Å². The van der Waals surface area contributed by atoms with Crippen molar-refractivity contribution in [3.8, 4) is 0 Å². The van der Waals surface area contributed by atoms with E-state index >= 15 is 0 Å². The summed E-state index contributed by atoms with van der Waals surface area (Å²) in [5.74, 6) is -6.21. The van der Waals surface area contributed by atoms with Crippen LogP contribution in [0.5, 0.6) is 0 Å². The van der Waals surface area contributed by atoms with E-state index in [-0.39, 0.29) is 81.9 Å². The summed E-state index contributed by atoms with van der Waals surface area (Å²) in [5, 5.41) is -0.0726. The molecule has 0 N–H and O–H groups in total. The minimum atomic E-state index is -0.824. The number of benzene rings is 1. The van der Waals surface area contributed by atoms with Gasteiger partial charge in [-0.05, 0) is 50.7 Å². The molecule has 1 aromatic carbocycles. The van der Waals surface area contributed by atoms with Crippen LogP contribution in [-0.4, -0.2) is 47.8 Å². The highest BCUT2D eigenvalue weighted by atomic mass is 16.6. The minimum Gasteiger partial charge on any atom is -0.393 e. The molecule has 0 bridgehead atoms. The molecule has 7 aliphatic rings. The third-order valence-electron chi connectivity index (χ3n) is 11.2. The second-order valence-electron chi connectivity index (χ2n) is 14.9. The van der Waals surface area contributed by atoms with Crippen LogP contribution in [0.25, 0.3) is 21.5 Å². The first-order valence-corrected chi connectivity index (χ1v) is 18.9. The highest BCUT2D eigenvalue weighted by molar-refractivity contribution is 6.01. The Labute approximate surface area is 320 Å². The average Bonchev–Trinajstić information content (AvgIpc) is 3.97. The average molecular weight is 795 g/mol. The SMILES string of the molecule is CCC.O=C1OC(=O)C2CC3C(=O)OC(=O)C3CC12.O=C1OC(=O)C2CCCCC12.O=C1OC(=O)C2CCCCC12.O=c1oc(=O)c2cc3c(=O)oc(=O)c3cc12. The third kappa shape index (κ3) is 8.02. The number of cyclic esters (lactones) is 8. The molecule has 7 fully saturated rings. The van der Waals surface area contributed by atoms with Crippen molar-refractivity contribution in [2.45, 2.75) is 84.5 Å². The molecule has 4 aliphatic heterocycles. The van der Waals surface area contributed by atoms with Crippen molar-refractivity contribution < 1.29 is 66.1 Å². The highest BCUT2D eigenvalue weighted by Gasteiger charge is 2.58. The number of furan rings is 2. The second-order valence-corrected chi connectivity index (χ2v) is 14.9. The molecule has 18 nitrogen and oxygen atoms in total. The summed E-state index contributed by atoms with van der Waals surface area (Å²) in [4.78, 5) is 134. The van der Waals surface area contributed by atoms with E-state index in [2.05, 4.69) is 41.6 Å². The van der Waals surface area contributed by atoms with E-state index in [9.17, 15) is 57.5 Å². The number of fused-ring (bicyclic) bond motifs is 6. The number of ether oxygens (including phenoxy) is 4. The molecule has 302 valence electrons. The maximum atomic E-state index is 11.3. The Hall–Kier alpha value is -5.94. The molecule has 2 aromatic heterocycles. The molecule has 0 radical (unpaired) electrons. The summed E-state index contributed by atoms with van der Waals surface area (Å²) >= 11 is 0. The van der Waals surface area contributed by atoms with Gasteiger partial charge in [0.2, 0.25) is 0 Å². The summed E-state index contributed by atoms with van der Waals surface area (Å²) in [6.45, 7) is 4.25. The van der Waals surface area contributed by atoms with Gasteiger partial charge in [-0.3, -0.25) is 38.4 Å². The normalized spacial score (nSPS) is 29.4. The molecule has 57 heavy (non-hydrogen) atoms. The Morgan fingerprint density at radius 1 is 0.368 bits per heavy atom. The smallest absolute Gasteiger partial charge is 0.346 e. The molecule has 8 atom stereocenters. The van der Waals surface area contributed by atoms with Gasteiger partial charge in [-0.25, -0.2) is 19.2 Å². The molecule has 8 unspecified atom stereocenters. The summed E-state index contributed by atoms with van der Waals surface area (Å²) in [6.07, 6.45) is 9.23. The molecule has 3 aromatic rings. The molecule has 0 spiro atoms. The van der Waals surface area contributed by atoms with Crippen LogP contribution in [-0.2, 0) is 57.3 Å². The van der Waals surface area contributed by atoms with Crippen molar-refractivity contribution in [1.29, 1.82) is 0 Å². The summed E-state index contributed by atoms with van der Waals surface area (Å²) < 4.78 is 26.7. The van der Waals surface area contributed by atoms with Crippen molar-refractivity contribution in [3.05, 3.63) is 53.8 Å². The van der Waals surface area contributed by atoms with E-state index in [4.69, 9.17) is 0 Å². The molecule has 0 amide bonds. The van der Waals surface area contributed by atoms with E-state index in [0.29, 0.717) is 0 Å². The third-order valence-corrected chi connectivity index (χ3v) is 11.2. The lowest BCUT2D eigenvalue weighted by Crippen LogP contribution is -2.35. The van der Waals surface area contributed by atoms with Gasteiger partial charge in [0.05, 0.1) is 68.9 Å². The van der Waals surface area contributed by atoms with Crippen molar-refractivity contribution in [2.75, 3.05) is 0 Å². The van der Waals surface area contributed by atoms with Gasteiger partial charge in [-0.1, -0.05) is 46.0 Å². The Bertz CT molecular complexity index is 2060. The van der Waals surface area contributed by atoms with Gasteiger partial charge in [-0.15, -0.1) is 0 Å². The maximum absolute atomic E-state index is 11.3. The summed E-state index contributed by atoms with van der Waals surface area (Å²) in [7, 11) is 0. The maximum Gasteiger partial charge on any atom is 0.346 e. The van der Waals surface area contributed by atoms with Crippen LogP contribution in [0.2, 0.25) is 0 Å². The van der Waals surface area contributed by atoms with Crippen LogP contribution in [0.1, 0.15) is 84.5 Å². The number of hydrogen-bond donors (Lipinski definition) is 0. The van der Waals surface area contributed by atoms with Crippen molar-refractivity contribution in [3.63, 3.8) is 0 Å². The number of hydrogen-bond acceptors (Lipinski definition) is 18. The zero-order chi connectivity index (χ0) is 41.3. The molecule has 10 rings (SSSR count). The van der Waals surface area contributed by atoms with E-state index in [1.165, 1.54) is 6.42 Å². The van der Waals surface area contributed by atoms with E-state index in [1.807, 2.05) is 0 Å². The zero-order valence-electron chi connectivity index (χ0n) is 30.9. The topological polar surface area (TPSA) is 268 Å². The van der Waals surface area contributed by atoms with Crippen LogP contribution >= 0.6 is 0 Å². The Morgan fingerprint density at radius 2 is 0.561 bits per heavy atom. The first-order valence-electron chi connectivity index (χ1n) is 18.9. The molecular weight excluding hydrogens is 756 g/mol. The second kappa shape index (κ2) is 16.7. The van der Waals surface area contributed by atoms with Crippen molar-refractivity contribution in [1.82, 2.24) is 0 Å². The largest absolute Gasteiger partial charge is 0.393 e. The van der Waals surface area contributed by atoms with Gasteiger partial charge in [0.15, 0.2) is 0 Å². The Kier molecular flexibility index (Phi) is 11.9. The fourth-order valence-corrected chi connectivity index (χ4v) is 8.30. The number of carbonyl (C=O) groups is 8. The van der Waals surface area contributed by atoms with Gasteiger partial charge in [-0.2, -0.15) is 0 Å². The van der Waals surface area contributed by atoms with Gasteiger partial charge < -0.3 is 27.8 Å². The fraction of sp³-hybridized carbons (Fsp3) is 0.538. The Morgan fingerprint density at radius 3 is 0.772 bits per heavy atom. The molecule has 4 saturated heterocycles. The fourth-order valence-electron chi connectivity index (χ4n) is 8.30. The zero-order valence-corrected chi connectivity index (χ0v) is 30.9. The van der Waals surface area contributed by atoms with E-state index < -0.39 is 70.1 Å². The molecule has 3 saturated carbocycles. The lowest BCUT2D eigenvalue weighted by Gasteiger charge is -2.25. The van der Waals surface area contributed by atoms with E-state index in [0.717, 1.165) is 63.5 Å². The van der Waals surface area contributed by atoms with Gasteiger partial charge in [0.25, 0.3) is 0 Å². The number of carbonyl (C=O) groups excluding carboxylic acids is 8. The predicted molar refractivity (Wildman–Crippen MR) is 188 cm³/mol. The quantitative estimate of drug-likeness (QED) is 0.179. The van der Waals surface area contributed by atoms with Crippen LogP contribution in [0.3, 0.4) is 0 Å². The minimum absolute atomic E-state index is 0.0181. The Balaban J connectivity index is 0.000000127. The standard InChI is InChI=1S/C10H8O6.C10H2O6.2C8H10O3.C3H8/c2*11-7-3-1-4-6(10(14)16-8(4)12)2-5(3)9(13)15-7;2*9-7-5-3-1-2-4-6(5)8(10)11-7;1-3-2/h3-6H,1-2H2;1-2H;2*5-6H,1-4H2;3H2,1-2H3. The summed E-state index contributed by atoms with van der Waals surface area (Å²) in [5.41, 5.74) is -3.30. The van der Waals surface area contributed by atoms with Gasteiger partial charge in [0.1, 0.15) is 0 Å². The van der Waals surface area contributed by atoms with E-state index in [1.54, 1.807) is 0 Å².